The highest BCUT2D eigenvalue weighted by atomic mass is 19.4. The summed E-state index contributed by atoms with van der Waals surface area (Å²) in [5.41, 5.74) is -0.851. The Hall–Kier alpha value is -2.85. The molecule has 1 aliphatic heterocycles. The van der Waals surface area contributed by atoms with Gasteiger partial charge in [-0.15, -0.1) is 0 Å². The van der Waals surface area contributed by atoms with Gasteiger partial charge in [0.2, 0.25) is 5.91 Å². The van der Waals surface area contributed by atoms with Crippen LogP contribution in [0.3, 0.4) is 0 Å². The maximum Gasteiger partial charge on any atom is 0.422 e. The molecule has 172 valence electrons. The van der Waals surface area contributed by atoms with Gasteiger partial charge in [-0.05, 0) is 31.4 Å². The molecule has 0 aromatic heterocycles. The van der Waals surface area contributed by atoms with Crippen LogP contribution in [0.15, 0.2) is 18.2 Å². The zero-order valence-corrected chi connectivity index (χ0v) is 17.5. The molecule has 1 fully saturated rings. The molecule has 0 aliphatic carbocycles. The number of hydrogen-bond acceptors (Lipinski definition) is 5. The van der Waals surface area contributed by atoms with Crippen molar-refractivity contribution in [1.82, 2.24) is 9.80 Å². The van der Waals surface area contributed by atoms with E-state index >= 15 is 0 Å². The van der Waals surface area contributed by atoms with E-state index in [1.54, 1.807) is 11.9 Å². The molecule has 8 nitrogen and oxygen atoms in total. The van der Waals surface area contributed by atoms with Crippen LogP contribution in [0.1, 0.15) is 43.0 Å². The summed E-state index contributed by atoms with van der Waals surface area (Å²) in [5, 5.41) is 11.3. The van der Waals surface area contributed by atoms with Crippen molar-refractivity contribution in [3.8, 4) is 5.75 Å². The number of halogens is 3. The zero-order chi connectivity index (χ0) is 23.2. The summed E-state index contributed by atoms with van der Waals surface area (Å²) < 4.78 is 41.8. The first-order valence-electron chi connectivity index (χ1n) is 10.1. The molecule has 1 aliphatic rings. The number of alkyl halides is 3. The monoisotopic (exact) mass is 445 g/mol. The highest BCUT2D eigenvalue weighted by Crippen LogP contribution is 2.29. The van der Waals surface area contributed by atoms with Crippen molar-refractivity contribution in [3.63, 3.8) is 0 Å². The number of hydrogen-bond donors (Lipinski definition) is 0. The predicted octanol–water partition coefficient (Wildman–Crippen LogP) is 3.65. The number of likely N-dealkylation sites (tertiary alicyclic amines) is 1. The lowest BCUT2D eigenvalue weighted by molar-refractivity contribution is -0.385. The fraction of sp³-hybridized carbons (Fsp3) is 0.600. The van der Waals surface area contributed by atoms with E-state index in [-0.39, 0.29) is 36.2 Å². The predicted molar refractivity (Wildman–Crippen MR) is 106 cm³/mol. The molecule has 0 bridgehead atoms. The standard InChI is InChI=1S/C20H26F3N3O5/c1-3-4-9-24(2)18(27)14-7-10-25(11-8-14)19(28)16-12-15(31-13-20(21,22)23)5-6-17(16)26(29)30/h5-6,12,14H,3-4,7-11,13H2,1-2H3. The molecule has 0 spiro atoms. The molecule has 2 rings (SSSR count). The van der Waals surface area contributed by atoms with Gasteiger partial charge in [-0.2, -0.15) is 13.2 Å². The van der Waals surface area contributed by atoms with Gasteiger partial charge in [0.25, 0.3) is 11.6 Å². The average molecular weight is 445 g/mol. The van der Waals surface area contributed by atoms with Gasteiger partial charge >= 0.3 is 6.18 Å². The quantitative estimate of drug-likeness (QED) is 0.450. The lowest BCUT2D eigenvalue weighted by atomic mass is 9.94. The zero-order valence-electron chi connectivity index (χ0n) is 17.5. The van der Waals surface area contributed by atoms with Crippen LogP contribution in [0.5, 0.6) is 5.75 Å². The Kier molecular flexibility index (Phi) is 8.23. The smallest absolute Gasteiger partial charge is 0.422 e. The van der Waals surface area contributed by atoms with Gasteiger partial charge in [-0.3, -0.25) is 19.7 Å². The molecule has 1 aromatic rings. The Morgan fingerprint density at radius 2 is 1.94 bits per heavy atom. The highest BCUT2D eigenvalue weighted by molar-refractivity contribution is 5.98. The maximum atomic E-state index is 12.9. The SMILES string of the molecule is CCCCN(C)C(=O)C1CCN(C(=O)c2cc(OCC(F)(F)F)ccc2[N+](=O)[O-])CC1. The summed E-state index contributed by atoms with van der Waals surface area (Å²) in [5.74, 6) is -1.18. The summed E-state index contributed by atoms with van der Waals surface area (Å²) in [6.45, 7) is 1.57. The van der Waals surface area contributed by atoms with Crippen molar-refractivity contribution < 1.29 is 32.4 Å². The molecule has 1 aromatic carbocycles. The average Bonchev–Trinajstić information content (AvgIpc) is 2.74. The van der Waals surface area contributed by atoms with E-state index in [2.05, 4.69) is 4.74 Å². The summed E-state index contributed by atoms with van der Waals surface area (Å²) in [6, 6.07) is 2.94. The van der Waals surface area contributed by atoms with Crippen LogP contribution >= 0.6 is 0 Å². The van der Waals surface area contributed by atoms with Gasteiger partial charge in [-0.1, -0.05) is 13.3 Å². The molecule has 11 heteroatoms. The van der Waals surface area contributed by atoms with Gasteiger partial charge < -0.3 is 14.5 Å². The number of benzene rings is 1. The molecule has 0 N–H and O–H groups in total. The second kappa shape index (κ2) is 10.5. The van der Waals surface area contributed by atoms with E-state index < -0.39 is 29.3 Å². The summed E-state index contributed by atoms with van der Waals surface area (Å²) in [7, 11) is 1.74. The van der Waals surface area contributed by atoms with E-state index in [9.17, 15) is 32.9 Å². The van der Waals surface area contributed by atoms with Crippen molar-refractivity contribution in [2.75, 3.05) is 33.3 Å². The van der Waals surface area contributed by atoms with Crippen LogP contribution in [0.25, 0.3) is 0 Å². The van der Waals surface area contributed by atoms with E-state index in [4.69, 9.17) is 0 Å². The van der Waals surface area contributed by atoms with Crippen LogP contribution in [0.2, 0.25) is 0 Å². The lowest BCUT2D eigenvalue weighted by Crippen LogP contribution is -2.43. The first-order chi connectivity index (χ1) is 14.5. The lowest BCUT2D eigenvalue weighted by Gasteiger charge is -2.33. The van der Waals surface area contributed by atoms with Gasteiger partial charge in [0, 0.05) is 38.7 Å². The number of rotatable bonds is 8. The minimum atomic E-state index is -4.58. The number of ether oxygens (including phenoxy) is 1. The molecule has 2 amide bonds. The molecule has 1 heterocycles. The number of carbonyl (C=O) groups excluding carboxylic acids is 2. The first-order valence-corrected chi connectivity index (χ1v) is 10.1. The highest BCUT2D eigenvalue weighted by Gasteiger charge is 2.33. The van der Waals surface area contributed by atoms with Gasteiger partial charge in [0.05, 0.1) is 4.92 Å². The second-order valence-electron chi connectivity index (χ2n) is 7.52. The van der Waals surface area contributed by atoms with Crippen LogP contribution in [0.4, 0.5) is 18.9 Å². The number of piperidine rings is 1. The van der Waals surface area contributed by atoms with Crippen molar-refractivity contribution >= 4 is 17.5 Å². The third-order valence-corrected chi connectivity index (χ3v) is 5.15. The number of nitro groups is 1. The molecule has 31 heavy (non-hydrogen) atoms. The fourth-order valence-corrected chi connectivity index (χ4v) is 3.42. The Morgan fingerprint density at radius 1 is 1.29 bits per heavy atom. The number of nitro benzene ring substituents is 1. The maximum absolute atomic E-state index is 12.9. The van der Waals surface area contributed by atoms with Crippen LogP contribution < -0.4 is 4.74 Å². The van der Waals surface area contributed by atoms with Crippen molar-refractivity contribution in [2.45, 2.75) is 38.8 Å². The van der Waals surface area contributed by atoms with Gasteiger partial charge in [0.15, 0.2) is 6.61 Å². The topological polar surface area (TPSA) is 93.0 Å². The van der Waals surface area contributed by atoms with E-state index in [1.165, 1.54) is 4.90 Å². The largest absolute Gasteiger partial charge is 0.484 e. The number of carbonyl (C=O) groups is 2. The van der Waals surface area contributed by atoms with E-state index in [0.717, 1.165) is 31.0 Å². The number of nitrogens with zero attached hydrogens (tertiary/aromatic N) is 3. The van der Waals surface area contributed by atoms with Crippen LogP contribution in [-0.4, -0.2) is 66.0 Å². The Balaban J connectivity index is 2.08. The Morgan fingerprint density at radius 3 is 2.48 bits per heavy atom. The van der Waals surface area contributed by atoms with Crippen LogP contribution in [-0.2, 0) is 4.79 Å². The normalized spacial score (nSPS) is 14.9. The third kappa shape index (κ3) is 6.83. The Bertz CT molecular complexity index is 808. The molecule has 1 saturated heterocycles. The minimum absolute atomic E-state index is 0.00841. The van der Waals surface area contributed by atoms with Crippen molar-refractivity contribution in [1.29, 1.82) is 0 Å². The molecule has 0 unspecified atom stereocenters. The number of amides is 2. The Labute approximate surface area is 178 Å². The molecular formula is C20H26F3N3O5. The van der Waals surface area contributed by atoms with Gasteiger partial charge in [0.1, 0.15) is 11.3 Å². The second-order valence-corrected chi connectivity index (χ2v) is 7.52. The fourth-order valence-electron chi connectivity index (χ4n) is 3.42. The summed E-state index contributed by atoms with van der Waals surface area (Å²) in [6.07, 6.45) is -1.88. The molecular weight excluding hydrogens is 419 g/mol. The molecule has 0 saturated carbocycles. The molecule has 0 atom stereocenters. The van der Waals surface area contributed by atoms with E-state index in [0.29, 0.717) is 19.4 Å². The van der Waals surface area contributed by atoms with Gasteiger partial charge in [-0.25, -0.2) is 0 Å². The van der Waals surface area contributed by atoms with Crippen molar-refractivity contribution in [3.05, 3.63) is 33.9 Å². The molecule has 0 radical (unpaired) electrons. The van der Waals surface area contributed by atoms with Crippen molar-refractivity contribution in [2.24, 2.45) is 5.92 Å². The van der Waals surface area contributed by atoms with E-state index in [1.807, 2.05) is 6.92 Å². The third-order valence-electron chi connectivity index (χ3n) is 5.15. The van der Waals surface area contributed by atoms with Crippen LogP contribution in [0, 0.1) is 16.0 Å². The summed E-state index contributed by atoms with van der Waals surface area (Å²) in [4.78, 5) is 39.0. The first kappa shape index (κ1) is 24.4. The number of unbranched alkanes of at least 4 members (excludes halogenated alkanes) is 1. The summed E-state index contributed by atoms with van der Waals surface area (Å²) >= 11 is 0. The minimum Gasteiger partial charge on any atom is -0.484 e.